The lowest BCUT2D eigenvalue weighted by atomic mass is 10.1. The molecule has 0 bridgehead atoms. The monoisotopic (exact) mass is 234 g/mol. The first-order valence-electron chi connectivity index (χ1n) is 4.96. The molecule has 0 aliphatic carbocycles. The number of aromatic nitrogens is 2. The van der Waals surface area contributed by atoms with Crippen molar-refractivity contribution in [3.8, 4) is 0 Å². The van der Waals surface area contributed by atoms with Crippen LogP contribution >= 0.6 is 11.6 Å². The topological polar surface area (TPSA) is 46.0 Å². The van der Waals surface area contributed by atoms with E-state index in [4.69, 9.17) is 11.6 Å². The van der Waals surface area contributed by atoms with E-state index in [1.54, 1.807) is 24.4 Å². The molecule has 3 nitrogen and oxygen atoms in total. The van der Waals surface area contributed by atoms with Gasteiger partial charge in [0.25, 0.3) is 0 Å². The van der Waals surface area contributed by atoms with Crippen molar-refractivity contribution in [2.24, 2.45) is 0 Å². The first-order chi connectivity index (χ1) is 7.75. The summed E-state index contributed by atoms with van der Waals surface area (Å²) in [6, 6.07) is 10.8. The molecule has 1 atom stereocenters. The van der Waals surface area contributed by atoms with E-state index in [1.807, 2.05) is 18.2 Å². The van der Waals surface area contributed by atoms with Crippen LogP contribution in [0.15, 0.2) is 42.6 Å². The second-order valence-corrected chi connectivity index (χ2v) is 3.81. The Hall–Kier alpha value is -1.45. The Morgan fingerprint density at radius 3 is 2.75 bits per heavy atom. The molecule has 4 heteroatoms. The normalized spacial score (nSPS) is 12.4. The highest BCUT2D eigenvalue weighted by Crippen LogP contribution is 2.16. The molecule has 0 aliphatic heterocycles. The van der Waals surface area contributed by atoms with Crippen LogP contribution in [0.5, 0.6) is 0 Å². The van der Waals surface area contributed by atoms with Crippen LogP contribution in [0.3, 0.4) is 0 Å². The van der Waals surface area contributed by atoms with Crippen LogP contribution in [0, 0.1) is 0 Å². The zero-order valence-electron chi connectivity index (χ0n) is 8.55. The maximum absolute atomic E-state index is 9.94. The second-order valence-electron chi connectivity index (χ2n) is 3.43. The molecular weight excluding hydrogens is 224 g/mol. The van der Waals surface area contributed by atoms with Gasteiger partial charge in [-0.1, -0.05) is 23.7 Å². The Morgan fingerprint density at radius 2 is 2.06 bits per heavy atom. The van der Waals surface area contributed by atoms with Gasteiger partial charge in [-0.15, -0.1) is 0 Å². The molecule has 0 saturated heterocycles. The minimum Gasteiger partial charge on any atom is -0.386 e. The Bertz CT molecular complexity index is 462. The molecular formula is C12H11ClN2O. The van der Waals surface area contributed by atoms with Crippen molar-refractivity contribution in [3.05, 3.63) is 59.1 Å². The number of aliphatic hydroxyl groups excluding tert-OH is 1. The number of hydrogen-bond acceptors (Lipinski definition) is 3. The Labute approximate surface area is 98.8 Å². The Kier molecular flexibility index (Phi) is 3.49. The highest BCUT2D eigenvalue weighted by molar-refractivity contribution is 6.29. The summed E-state index contributed by atoms with van der Waals surface area (Å²) in [6.45, 7) is 0. The maximum Gasteiger partial charge on any atom is 0.129 e. The predicted molar refractivity (Wildman–Crippen MR) is 62.1 cm³/mol. The van der Waals surface area contributed by atoms with E-state index in [9.17, 15) is 5.11 Å². The molecule has 2 aromatic rings. The van der Waals surface area contributed by atoms with Crippen molar-refractivity contribution < 1.29 is 5.11 Å². The number of halogens is 1. The van der Waals surface area contributed by atoms with Gasteiger partial charge in [-0.3, -0.25) is 4.98 Å². The van der Waals surface area contributed by atoms with Gasteiger partial charge in [-0.25, -0.2) is 4.98 Å². The first-order valence-corrected chi connectivity index (χ1v) is 5.34. The zero-order chi connectivity index (χ0) is 11.4. The second kappa shape index (κ2) is 5.05. The summed E-state index contributed by atoms with van der Waals surface area (Å²) < 4.78 is 0. The van der Waals surface area contributed by atoms with Gasteiger partial charge in [0.1, 0.15) is 11.3 Å². The minimum absolute atomic E-state index is 0.387. The fourth-order valence-electron chi connectivity index (χ4n) is 1.43. The van der Waals surface area contributed by atoms with Crippen LogP contribution in [0.25, 0.3) is 0 Å². The SMILES string of the molecule is OC(Cc1ccccn1)c1cccc(Cl)n1. The third-order valence-corrected chi connectivity index (χ3v) is 2.42. The molecule has 0 fully saturated rings. The third-order valence-electron chi connectivity index (χ3n) is 2.21. The number of hydrogen-bond donors (Lipinski definition) is 1. The number of nitrogens with zero attached hydrogens (tertiary/aromatic N) is 2. The van der Waals surface area contributed by atoms with Gasteiger partial charge in [0.2, 0.25) is 0 Å². The average Bonchev–Trinajstić information content (AvgIpc) is 2.30. The van der Waals surface area contributed by atoms with E-state index < -0.39 is 6.10 Å². The van der Waals surface area contributed by atoms with Crippen molar-refractivity contribution in [3.63, 3.8) is 0 Å². The van der Waals surface area contributed by atoms with Crippen molar-refractivity contribution in [1.82, 2.24) is 9.97 Å². The van der Waals surface area contributed by atoms with Crippen LogP contribution in [-0.2, 0) is 6.42 Å². The number of pyridine rings is 2. The summed E-state index contributed by atoms with van der Waals surface area (Å²) in [5.41, 5.74) is 1.40. The molecule has 0 amide bonds. The Balaban J connectivity index is 2.12. The lowest BCUT2D eigenvalue weighted by Crippen LogP contribution is -2.05. The first kappa shape index (κ1) is 11.0. The van der Waals surface area contributed by atoms with Gasteiger partial charge in [-0.2, -0.15) is 0 Å². The summed E-state index contributed by atoms with van der Waals surface area (Å²) in [5, 5.41) is 10.3. The fraction of sp³-hybridized carbons (Fsp3) is 0.167. The van der Waals surface area contributed by atoms with Crippen molar-refractivity contribution >= 4 is 11.6 Å². The van der Waals surface area contributed by atoms with Crippen LogP contribution in [-0.4, -0.2) is 15.1 Å². The van der Waals surface area contributed by atoms with Gasteiger partial charge >= 0.3 is 0 Å². The summed E-state index contributed by atoms with van der Waals surface area (Å²) in [4.78, 5) is 8.20. The highest BCUT2D eigenvalue weighted by atomic mass is 35.5. The van der Waals surface area contributed by atoms with E-state index in [0.29, 0.717) is 17.3 Å². The quantitative estimate of drug-likeness (QED) is 0.830. The smallest absolute Gasteiger partial charge is 0.129 e. The van der Waals surface area contributed by atoms with Gasteiger partial charge in [-0.05, 0) is 24.3 Å². The van der Waals surface area contributed by atoms with Crippen LogP contribution in [0.4, 0.5) is 0 Å². The van der Waals surface area contributed by atoms with Gasteiger partial charge in [0.05, 0.1) is 5.69 Å². The lowest BCUT2D eigenvalue weighted by molar-refractivity contribution is 0.172. The summed E-state index contributed by atoms with van der Waals surface area (Å²) in [5.74, 6) is 0. The van der Waals surface area contributed by atoms with Crippen molar-refractivity contribution in [2.45, 2.75) is 12.5 Å². The largest absolute Gasteiger partial charge is 0.386 e. The highest BCUT2D eigenvalue weighted by Gasteiger charge is 2.10. The van der Waals surface area contributed by atoms with Crippen molar-refractivity contribution in [2.75, 3.05) is 0 Å². The summed E-state index contributed by atoms with van der Waals surface area (Å²) in [7, 11) is 0. The molecule has 0 spiro atoms. The molecule has 0 saturated carbocycles. The standard InChI is InChI=1S/C12H11ClN2O/c13-12-6-3-5-10(15-12)11(16)8-9-4-1-2-7-14-9/h1-7,11,16H,8H2. The molecule has 82 valence electrons. The maximum atomic E-state index is 9.94. The van der Waals surface area contributed by atoms with E-state index in [1.165, 1.54) is 0 Å². The lowest BCUT2D eigenvalue weighted by Gasteiger charge is -2.09. The average molecular weight is 235 g/mol. The fourth-order valence-corrected chi connectivity index (χ4v) is 1.60. The molecule has 16 heavy (non-hydrogen) atoms. The molecule has 2 aromatic heterocycles. The predicted octanol–water partition coefficient (Wildman–Crippen LogP) is 2.41. The van der Waals surface area contributed by atoms with Crippen LogP contribution in [0.2, 0.25) is 5.15 Å². The van der Waals surface area contributed by atoms with Crippen LogP contribution in [0.1, 0.15) is 17.5 Å². The molecule has 2 heterocycles. The number of rotatable bonds is 3. The van der Waals surface area contributed by atoms with Crippen molar-refractivity contribution in [1.29, 1.82) is 0 Å². The molecule has 2 rings (SSSR count). The van der Waals surface area contributed by atoms with Gasteiger partial charge < -0.3 is 5.11 Å². The Morgan fingerprint density at radius 1 is 1.19 bits per heavy atom. The van der Waals surface area contributed by atoms with E-state index in [-0.39, 0.29) is 0 Å². The van der Waals surface area contributed by atoms with Crippen LogP contribution < -0.4 is 0 Å². The van der Waals surface area contributed by atoms with Gasteiger partial charge in [0, 0.05) is 18.3 Å². The molecule has 1 N–H and O–H groups in total. The van der Waals surface area contributed by atoms with E-state index in [0.717, 1.165) is 5.69 Å². The molecule has 0 radical (unpaired) electrons. The molecule has 0 aliphatic rings. The van der Waals surface area contributed by atoms with E-state index in [2.05, 4.69) is 9.97 Å². The zero-order valence-corrected chi connectivity index (χ0v) is 9.30. The summed E-state index contributed by atoms with van der Waals surface area (Å²) >= 11 is 5.75. The summed E-state index contributed by atoms with van der Waals surface area (Å²) in [6.07, 6.45) is 1.47. The third kappa shape index (κ3) is 2.78. The van der Waals surface area contributed by atoms with E-state index >= 15 is 0 Å². The van der Waals surface area contributed by atoms with Gasteiger partial charge in [0.15, 0.2) is 0 Å². The molecule has 1 unspecified atom stereocenters. The molecule has 0 aromatic carbocycles. The number of aliphatic hydroxyl groups is 1. The minimum atomic E-state index is -0.673.